The molecule has 2 N–H and O–H groups in total. The van der Waals surface area contributed by atoms with Gasteiger partial charge in [0.2, 0.25) is 5.88 Å². The summed E-state index contributed by atoms with van der Waals surface area (Å²) < 4.78 is 16.3. The second-order valence-corrected chi connectivity index (χ2v) is 8.44. The zero-order valence-electron chi connectivity index (χ0n) is 17.0. The first-order chi connectivity index (χ1) is 14.1. The molecule has 4 atom stereocenters. The van der Waals surface area contributed by atoms with E-state index in [0.29, 0.717) is 42.5 Å². The number of aromatic nitrogens is 1. The Morgan fingerprint density at radius 1 is 1.24 bits per heavy atom. The maximum absolute atomic E-state index is 12.6. The number of rotatable bonds is 5. The van der Waals surface area contributed by atoms with Crippen LogP contribution < -0.4 is 10.1 Å². The molecule has 29 heavy (non-hydrogen) atoms. The number of amides is 1. The molecule has 1 amide bonds. The van der Waals surface area contributed by atoms with Crippen LogP contribution in [0, 0.1) is 17.8 Å². The molecule has 1 aromatic heterocycles. The van der Waals surface area contributed by atoms with Crippen molar-refractivity contribution in [1.29, 1.82) is 0 Å². The predicted molar refractivity (Wildman–Crippen MR) is 106 cm³/mol. The smallest absolute Gasteiger partial charge is 0.270 e. The number of aliphatic hydroxyl groups is 1. The Bertz CT molecular complexity index is 695. The molecular weight excluding hydrogens is 374 g/mol. The quantitative estimate of drug-likeness (QED) is 0.739. The molecule has 4 rings (SSSR count). The highest BCUT2D eigenvalue weighted by atomic mass is 16.5. The fourth-order valence-corrected chi connectivity index (χ4v) is 4.87. The van der Waals surface area contributed by atoms with Crippen LogP contribution in [0.15, 0.2) is 18.2 Å². The summed E-state index contributed by atoms with van der Waals surface area (Å²) in [6.07, 6.45) is 0.973. The van der Waals surface area contributed by atoms with Crippen LogP contribution >= 0.6 is 0 Å². The summed E-state index contributed by atoms with van der Waals surface area (Å²) in [7, 11) is 1.52. The molecule has 0 radical (unpaired) electrons. The van der Waals surface area contributed by atoms with Crippen molar-refractivity contribution in [2.75, 3.05) is 53.2 Å². The van der Waals surface area contributed by atoms with Gasteiger partial charge in [-0.25, -0.2) is 4.98 Å². The Balaban J connectivity index is 1.32. The fourth-order valence-electron chi connectivity index (χ4n) is 4.87. The number of hydrogen-bond donors (Lipinski definition) is 2. The number of methoxy groups -OCH3 is 1. The van der Waals surface area contributed by atoms with Gasteiger partial charge in [0, 0.05) is 31.6 Å². The summed E-state index contributed by atoms with van der Waals surface area (Å²) in [5, 5.41) is 13.6. The van der Waals surface area contributed by atoms with Gasteiger partial charge in [-0.15, -0.1) is 0 Å². The van der Waals surface area contributed by atoms with Crippen LogP contribution in [0.2, 0.25) is 0 Å². The second kappa shape index (κ2) is 9.38. The van der Waals surface area contributed by atoms with Crippen molar-refractivity contribution in [3.8, 4) is 5.88 Å². The summed E-state index contributed by atoms with van der Waals surface area (Å²) in [4.78, 5) is 19.3. The highest BCUT2D eigenvalue weighted by molar-refractivity contribution is 5.92. The number of nitrogens with zero attached hydrogens (tertiary/aromatic N) is 2. The highest BCUT2D eigenvalue weighted by Crippen LogP contribution is 2.37. The normalized spacial score (nSPS) is 31.1. The summed E-state index contributed by atoms with van der Waals surface area (Å²) in [5.74, 6) is 1.49. The van der Waals surface area contributed by atoms with Crippen LogP contribution in [0.3, 0.4) is 0 Å². The summed E-state index contributed by atoms with van der Waals surface area (Å²) in [5.41, 5.74) is 0.306. The first-order valence-electron chi connectivity index (χ1n) is 10.5. The average molecular weight is 405 g/mol. The molecule has 1 aromatic rings. The SMILES string of the molecule is COc1cccc(C(=O)N[C@H]2C[C@H]3CN(CC4COCCOC4)C[C@H]3C[C@@H]2O)n1. The minimum absolute atomic E-state index is 0.249. The molecule has 8 nitrogen and oxygen atoms in total. The number of carbonyl (C=O) groups is 1. The van der Waals surface area contributed by atoms with E-state index < -0.39 is 6.10 Å². The Morgan fingerprint density at radius 3 is 2.69 bits per heavy atom. The minimum Gasteiger partial charge on any atom is -0.481 e. The monoisotopic (exact) mass is 405 g/mol. The lowest BCUT2D eigenvalue weighted by Crippen LogP contribution is -2.49. The van der Waals surface area contributed by atoms with Crippen molar-refractivity contribution >= 4 is 5.91 Å². The number of fused-ring (bicyclic) bond motifs is 1. The van der Waals surface area contributed by atoms with E-state index in [9.17, 15) is 9.90 Å². The summed E-state index contributed by atoms with van der Waals surface area (Å²) in [6.45, 7) is 5.82. The number of nitrogens with one attached hydrogen (secondary N) is 1. The van der Waals surface area contributed by atoms with Gasteiger partial charge in [0.05, 0.1) is 45.7 Å². The van der Waals surface area contributed by atoms with E-state index >= 15 is 0 Å². The van der Waals surface area contributed by atoms with Gasteiger partial charge in [0.15, 0.2) is 0 Å². The molecule has 3 fully saturated rings. The lowest BCUT2D eigenvalue weighted by molar-refractivity contribution is 0.0459. The van der Waals surface area contributed by atoms with Crippen molar-refractivity contribution in [2.24, 2.45) is 17.8 Å². The van der Waals surface area contributed by atoms with Gasteiger partial charge in [-0.05, 0) is 30.7 Å². The Labute approximate surface area is 171 Å². The molecule has 3 aliphatic rings. The average Bonchev–Trinajstić information content (AvgIpc) is 2.93. The van der Waals surface area contributed by atoms with Crippen LogP contribution in [-0.2, 0) is 9.47 Å². The van der Waals surface area contributed by atoms with E-state index in [1.54, 1.807) is 18.2 Å². The van der Waals surface area contributed by atoms with E-state index in [2.05, 4.69) is 15.2 Å². The van der Waals surface area contributed by atoms with E-state index in [0.717, 1.165) is 45.7 Å². The maximum atomic E-state index is 12.6. The van der Waals surface area contributed by atoms with Gasteiger partial charge in [-0.2, -0.15) is 0 Å². The van der Waals surface area contributed by atoms with E-state index in [1.807, 2.05) is 0 Å². The number of likely N-dealkylation sites (tertiary alicyclic amines) is 1. The molecule has 3 heterocycles. The number of pyridine rings is 1. The van der Waals surface area contributed by atoms with Gasteiger partial charge in [-0.3, -0.25) is 4.79 Å². The van der Waals surface area contributed by atoms with Crippen molar-refractivity contribution in [1.82, 2.24) is 15.2 Å². The third-order valence-corrected chi connectivity index (χ3v) is 6.29. The number of hydrogen-bond acceptors (Lipinski definition) is 7. The molecule has 8 heteroatoms. The van der Waals surface area contributed by atoms with E-state index in [-0.39, 0.29) is 11.9 Å². The number of aliphatic hydroxyl groups excluding tert-OH is 1. The van der Waals surface area contributed by atoms with Crippen molar-refractivity contribution < 1.29 is 24.1 Å². The Morgan fingerprint density at radius 2 is 1.97 bits per heavy atom. The first kappa shape index (κ1) is 20.5. The molecule has 0 aromatic carbocycles. The lowest BCUT2D eigenvalue weighted by atomic mass is 9.77. The maximum Gasteiger partial charge on any atom is 0.270 e. The lowest BCUT2D eigenvalue weighted by Gasteiger charge is -2.35. The summed E-state index contributed by atoms with van der Waals surface area (Å²) in [6, 6.07) is 4.85. The predicted octanol–water partition coefficient (Wildman–Crippen LogP) is 0.554. The molecule has 1 saturated carbocycles. The molecule has 0 spiro atoms. The molecule has 2 saturated heterocycles. The Hall–Kier alpha value is -1.74. The van der Waals surface area contributed by atoms with Crippen molar-refractivity contribution in [3.63, 3.8) is 0 Å². The Kier molecular flexibility index (Phi) is 6.64. The molecule has 2 aliphatic heterocycles. The number of carbonyl (C=O) groups excluding carboxylic acids is 1. The van der Waals surface area contributed by atoms with Crippen molar-refractivity contribution in [2.45, 2.75) is 25.0 Å². The molecule has 0 unspecified atom stereocenters. The van der Waals surface area contributed by atoms with Crippen LogP contribution in [0.1, 0.15) is 23.3 Å². The zero-order valence-corrected chi connectivity index (χ0v) is 17.0. The molecular formula is C21H31N3O5. The highest BCUT2D eigenvalue weighted by Gasteiger charge is 2.42. The second-order valence-electron chi connectivity index (χ2n) is 8.44. The standard InChI is InChI=1S/C21H31N3O5/c1-27-20-4-2-3-17(22-20)21(26)23-18-7-15-10-24(11-16(15)8-19(18)25)9-14-12-28-5-6-29-13-14/h2-4,14-16,18-19,25H,5-13H2,1H3,(H,23,26)/t15-,16+,18-,19-/m0/s1. The molecule has 1 aliphatic carbocycles. The molecule has 160 valence electrons. The van der Waals surface area contributed by atoms with Crippen LogP contribution in [0.5, 0.6) is 5.88 Å². The zero-order chi connectivity index (χ0) is 20.2. The van der Waals surface area contributed by atoms with Gasteiger partial charge in [0.1, 0.15) is 5.69 Å². The van der Waals surface area contributed by atoms with Crippen molar-refractivity contribution in [3.05, 3.63) is 23.9 Å². The fraction of sp³-hybridized carbons (Fsp3) is 0.714. The van der Waals surface area contributed by atoms with Gasteiger partial charge < -0.3 is 29.5 Å². The van der Waals surface area contributed by atoms with Crippen LogP contribution in [0.4, 0.5) is 0 Å². The topological polar surface area (TPSA) is 93.2 Å². The summed E-state index contributed by atoms with van der Waals surface area (Å²) >= 11 is 0. The number of ether oxygens (including phenoxy) is 3. The largest absolute Gasteiger partial charge is 0.481 e. The minimum atomic E-state index is -0.532. The first-order valence-corrected chi connectivity index (χ1v) is 10.5. The van der Waals surface area contributed by atoms with E-state index in [1.165, 1.54) is 7.11 Å². The van der Waals surface area contributed by atoms with Crippen LogP contribution in [0.25, 0.3) is 0 Å². The van der Waals surface area contributed by atoms with E-state index in [4.69, 9.17) is 14.2 Å². The third kappa shape index (κ3) is 5.06. The van der Waals surface area contributed by atoms with Gasteiger partial charge in [-0.1, -0.05) is 6.07 Å². The molecule has 0 bridgehead atoms. The third-order valence-electron chi connectivity index (χ3n) is 6.29. The van der Waals surface area contributed by atoms with Gasteiger partial charge >= 0.3 is 0 Å². The van der Waals surface area contributed by atoms with Crippen LogP contribution in [-0.4, -0.2) is 86.2 Å². The van der Waals surface area contributed by atoms with Gasteiger partial charge in [0.25, 0.3) is 5.91 Å².